The van der Waals surface area contributed by atoms with E-state index in [0.29, 0.717) is 10.6 Å². The molecule has 0 bridgehead atoms. The number of amides is 1. The molecule has 0 aliphatic heterocycles. The molecule has 1 unspecified atom stereocenters. The molecule has 0 fully saturated rings. The topological polar surface area (TPSA) is 54.9 Å². The lowest BCUT2D eigenvalue weighted by molar-refractivity contribution is 0.0935. The van der Waals surface area contributed by atoms with Gasteiger partial charge in [0.05, 0.1) is 22.3 Å². The van der Waals surface area contributed by atoms with Crippen LogP contribution in [-0.4, -0.2) is 15.9 Å². The van der Waals surface area contributed by atoms with E-state index in [1.54, 1.807) is 23.6 Å². The van der Waals surface area contributed by atoms with Gasteiger partial charge in [-0.05, 0) is 63.1 Å². The summed E-state index contributed by atoms with van der Waals surface area (Å²) in [7, 11) is 0. The van der Waals surface area contributed by atoms with Gasteiger partial charge in [0.2, 0.25) is 0 Å². The van der Waals surface area contributed by atoms with Gasteiger partial charge in [0.15, 0.2) is 0 Å². The molecule has 6 heteroatoms. The maximum atomic E-state index is 12.8. The van der Waals surface area contributed by atoms with Crippen LogP contribution >= 0.6 is 23.1 Å². The Kier molecular flexibility index (Phi) is 5.74. The van der Waals surface area contributed by atoms with Crippen molar-refractivity contribution in [1.82, 2.24) is 15.3 Å². The van der Waals surface area contributed by atoms with Gasteiger partial charge in [0.25, 0.3) is 5.91 Å². The number of thiazole rings is 1. The van der Waals surface area contributed by atoms with Gasteiger partial charge in [0, 0.05) is 16.5 Å². The first-order valence-corrected chi connectivity index (χ1v) is 10.1. The highest BCUT2D eigenvalue weighted by Crippen LogP contribution is 2.30. The minimum atomic E-state index is -0.146. The lowest BCUT2D eigenvalue weighted by atomic mass is 10.1. The van der Waals surface area contributed by atoms with Crippen molar-refractivity contribution in [2.24, 2.45) is 0 Å². The summed E-state index contributed by atoms with van der Waals surface area (Å²) < 4.78 is 0. The number of aryl methyl sites for hydroxylation is 3. The second-order valence-electron chi connectivity index (χ2n) is 6.19. The normalized spacial score (nSPS) is 12.0. The van der Waals surface area contributed by atoms with E-state index < -0.39 is 0 Å². The van der Waals surface area contributed by atoms with Crippen LogP contribution in [0.1, 0.15) is 45.2 Å². The minimum Gasteiger partial charge on any atom is -0.344 e. The standard InChI is InChI=1S/C20H21N3OS2/c1-12-7-8-16(10-13(12)2)26-20-17(6-5-9-21-20)19(24)22-14(3)18-11-25-15(4)23-18/h5-11,14H,1-4H3,(H,22,24). The summed E-state index contributed by atoms with van der Waals surface area (Å²) >= 11 is 3.09. The zero-order valence-corrected chi connectivity index (χ0v) is 16.9. The first-order valence-electron chi connectivity index (χ1n) is 8.37. The second-order valence-corrected chi connectivity index (χ2v) is 8.32. The highest BCUT2D eigenvalue weighted by molar-refractivity contribution is 7.99. The predicted octanol–water partition coefficient (Wildman–Crippen LogP) is 5.11. The number of carbonyl (C=O) groups is 1. The van der Waals surface area contributed by atoms with Gasteiger partial charge in [-0.2, -0.15) is 0 Å². The molecule has 4 nitrogen and oxygen atoms in total. The van der Waals surface area contributed by atoms with Gasteiger partial charge in [-0.25, -0.2) is 9.97 Å². The Labute approximate surface area is 162 Å². The third kappa shape index (κ3) is 4.31. The summed E-state index contributed by atoms with van der Waals surface area (Å²) in [4.78, 5) is 22.7. The highest BCUT2D eigenvalue weighted by atomic mass is 32.2. The first kappa shape index (κ1) is 18.6. The lowest BCUT2D eigenvalue weighted by Gasteiger charge is -2.13. The number of nitrogens with one attached hydrogen (secondary N) is 1. The number of nitrogens with zero attached hydrogens (tertiary/aromatic N) is 2. The third-order valence-corrected chi connectivity index (χ3v) is 5.94. The Morgan fingerprint density at radius 1 is 1.19 bits per heavy atom. The molecule has 3 rings (SSSR count). The van der Waals surface area contributed by atoms with E-state index in [-0.39, 0.29) is 11.9 Å². The molecule has 0 aliphatic rings. The zero-order chi connectivity index (χ0) is 18.7. The molecule has 0 aliphatic carbocycles. The van der Waals surface area contributed by atoms with E-state index in [2.05, 4.69) is 47.3 Å². The number of hydrogen-bond donors (Lipinski definition) is 1. The molecule has 134 valence electrons. The lowest BCUT2D eigenvalue weighted by Crippen LogP contribution is -2.27. The maximum absolute atomic E-state index is 12.8. The Balaban J connectivity index is 1.79. The molecule has 0 radical (unpaired) electrons. The van der Waals surface area contributed by atoms with E-state index in [1.807, 2.05) is 25.3 Å². The molecular weight excluding hydrogens is 362 g/mol. The number of hydrogen-bond acceptors (Lipinski definition) is 5. The van der Waals surface area contributed by atoms with E-state index in [4.69, 9.17) is 0 Å². The molecule has 1 amide bonds. The van der Waals surface area contributed by atoms with Crippen molar-refractivity contribution in [2.45, 2.75) is 43.7 Å². The van der Waals surface area contributed by atoms with Gasteiger partial charge in [-0.3, -0.25) is 4.79 Å². The Hall–Kier alpha value is -2.18. The fraction of sp³-hybridized carbons (Fsp3) is 0.250. The van der Waals surface area contributed by atoms with E-state index in [1.165, 1.54) is 22.9 Å². The van der Waals surface area contributed by atoms with Gasteiger partial charge < -0.3 is 5.32 Å². The second kappa shape index (κ2) is 8.01. The van der Waals surface area contributed by atoms with E-state index >= 15 is 0 Å². The number of rotatable bonds is 5. The maximum Gasteiger partial charge on any atom is 0.254 e. The average Bonchev–Trinajstić information content (AvgIpc) is 3.05. The summed E-state index contributed by atoms with van der Waals surface area (Å²) in [6.45, 7) is 8.08. The van der Waals surface area contributed by atoms with E-state index in [9.17, 15) is 4.79 Å². The molecule has 3 aromatic rings. The van der Waals surface area contributed by atoms with Crippen molar-refractivity contribution in [1.29, 1.82) is 0 Å². The number of aromatic nitrogens is 2. The molecule has 26 heavy (non-hydrogen) atoms. The summed E-state index contributed by atoms with van der Waals surface area (Å²) in [6.07, 6.45) is 1.72. The Bertz CT molecular complexity index is 936. The third-order valence-electron chi connectivity index (χ3n) is 4.14. The van der Waals surface area contributed by atoms with Crippen LogP contribution in [0.3, 0.4) is 0 Å². The fourth-order valence-electron chi connectivity index (χ4n) is 2.46. The highest BCUT2D eigenvalue weighted by Gasteiger charge is 2.17. The predicted molar refractivity (Wildman–Crippen MR) is 107 cm³/mol. The summed E-state index contributed by atoms with van der Waals surface area (Å²) in [5, 5.41) is 6.70. The van der Waals surface area contributed by atoms with Crippen molar-refractivity contribution in [3.05, 3.63) is 69.3 Å². The fourth-order valence-corrected chi connectivity index (χ4v) is 4.15. The van der Waals surface area contributed by atoms with Crippen LogP contribution in [0.4, 0.5) is 0 Å². The molecule has 1 atom stereocenters. The minimum absolute atomic E-state index is 0.136. The van der Waals surface area contributed by atoms with Crippen LogP contribution in [0.5, 0.6) is 0 Å². The summed E-state index contributed by atoms with van der Waals surface area (Å²) in [5.41, 5.74) is 3.94. The number of carbonyl (C=O) groups excluding carboxylic acids is 1. The molecule has 1 N–H and O–H groups in total. The molecule has 2 heterocycles. The zero-order valence-electron chi connectivity index (χ0n) is 15.2. The molecule has 0 spiro atoms. The van der Waals surface area contributed by atoms with Crippen LogP contribution < -0.4 is 5.32 Å². The van der Waals surface area contributed by atoms with E-state index in [0.717, 1.165) is 15.6 Å². The first-order chi connectivity index (χ1) is 12.4. The van der Waals surface area contributed by atoms with Gasteiger partial charge in [-0.15, -0.1) is 11.3 Å². The van der Waals surface area contributed by atoms with Gasteiger partial charge in [-0.1, -0.05) is 17.8 Å². The largest absolute Gasteiger partial charge is 0.344 e. The monoisotopic (exact) mass is 383 g/mol. The quantitative estimate of drug-likeness (QED) is 0.665. The molecule has 1 aromatic carbocycles. The van der Waals surface area contributed by atoms with Crippen molar-refractivity contribution >= 4 is 29.0 Å². The van der Waals surface area contributed by atoms with Crippen LogP contribution in [0.15, 0.2) is 51.8 Å². The molecular formula is C20H21N3OS2. The van der Waals surface area contributed by atoms with Crippen molar-refractivity contribution in [3.63, 3.8) is 0 Å². The van der Waals surface area contributed by atoms with Crippen LogP contribution in [0.2, 0.25) is 0 Å². The molecule has 0 saturated heterocycles. The van der Waals surface area contributed by atoms with Crippen LogP contribution in [0, 0.1) is 20.8 Å². The van der Waals surface area contributed by atoms with Gasteiger partial charge in [0.1, 0.15) is 5.03 Å². The van der Waals surface area contributed by atoms with Crippen LogP contribution in [-0.2, 0) is 0 Å². The SMILES string of the molecule is Cc1nc(C(C)NC(=O)c2cccnc2Sc2ccc(C)c(C)c2)cs1. The summed E-state index contributed by atoms with van der Waals surface area (Å²) in [6, 6.07) is 9.72. The number of pyridine rings is 1. The summed E-state index contributed by atoms with van der Waals surface area (Å²) in [5.74, 6) is -0.136. The van der Waals surface area contributed by atoms with Crippen molar-refractivity contribution in [3.8, 4) is 0 Å². The molecule has 2 aromatic heterocycles. The van der Waals surface area contributed by atoms with Crippen molar-refractivity contribution < 1.29 is 4.79 Å². The Morgan fingerprint density at radius 2 is 2.00 bits per heavy atom. The Morgan fingerprint density at radius 3 is 2.69 bits per heavy atom. The average molecular weight is 384 g/mol. The number of benzene rings is 1. The van der Waals surface area contributed by atoms with Crippen LogP contribution in [0.25, 0.3) is 0 Å². The van der Waals surface area contributed by atoms with Gasteiger partial charge >= 0.3 is 0 Å². The smallest absolute Gasteiger partial charge is 0.254 e. The molecule has 0 saturated carbocycles. The van der Waals surface area contributed by atoms with Crippen molar-refractivity contribution in [2.75, 3.05) is 0 Å².